The third-order valence-corrected chi connectivity index (χ3v) is 5.18. The van der Waals surface area contributed by atoms with E-state index in [0.717, 1.165) is 37.0 Å². The first-order valence-corrected chi connectivity index (χ1v) is 7.81. The summed E-state index contributed by atoms with van der Waals surface area (Å²) >= 11 is 0. The highest BCUT2D eigenvalue weighted by atomic mass is 16.3. The highest BCUT2D eigenvalue weighted by Gasteiger charge is 2.42. The molecule has 4 atom stereocenters. The van der Waals surface area contributed by atoms with Crippen molar-refractivity contribution in [3.63, 3.8) is 0 Å². The smallest absolute Gasteiger partial charge is 0.147 e. The van der Waals surface area contributed by atoms with E-state index in [4.69, 9.17) is 0 Å². The van der Waals surface area contributed by atoms with Crippen molar-refractivity contribution in [3.8, 4) is 0 Å². The lowest BCUT2D eigenvalue weighted by Gasteiger charge is -2.25. The maximum absolute atomic E-state index is 9.73. The van der Waals surface area contributed by atoms with Gasteiger partial charge < -0.3 is 9.67 Å². The summed E-state index contributed by atoms with van der Waals surface area (Å²) in [5, 5.41) is 18.0. The molecule has 5 nitrogen and oxygen atoms in total. The molecule has 2 unspecified atom stereocenters. The van der Waals surface area contributed by atoms with Crippen LogP contribution in [-0.4, -0.2) is 44.0 Å². The molecule has 20 heavy (non-hydrogen) atoms. The van der Waals surface area contributed by atoms with Crippen LogP contribution >= 0.6 is 0 Å². The first-order valence-electron chi connectivity index (χ1n) is 7.81. The van der Waals surface area contributed by atoms with E-state index in [-0.39, 0.29) is 6.10 Å². The summed E-state index contributed by atoms with van der Waals surface area (Å²) < 4.78 is 2.15. The van der Waals surface area contributed by atoms with Gasteiger partial charge in [0.05, 0.1) is 12.6 Å². The van der Waals surface area contributed by atoms with Crippen molar-refractivity contribution in [2.75, 3.05) is 7.05 Å². The molecule has 1 aromatic rings. The topological polar surface area (TPSA) is 54.2 Å². The maximum Gasteiger partial charge on any atom is 0.147 e. The maximum atomic E-state index is 9.73. The summed E-state index contributed by atoms with van der Waals surface area (Å²) in [5.41, 5.74) is 0. The number of rotatable bonds is 4. The molecule has 2 saturated carbocycles. The Morgan fingerprint density at radius 2 is 1.95 bits per heavy atom. The Labute approximate surface area is 121 Å². The molecule has 0 amide bonds. The van der Waals surface area contributed by atoms with Crippen molar-refractivity contribution in [3.05, 3.63) is 12.2 Å². The Bertz CT molecular complexity index is 444. The van der Waals surface area contributed by atoms with Crippen LogP contribution in [0.15, 0.2) is 6.33 Å². The Hall–Kier alpha value is -0.940. The lowest BCUT2D eigenvalue weighted by atomic mass is 10.0. The van der Waals surface area contributed by atoms with E-state index in [1.165, 1.54) is 12.8 Å². The van der Waals surface area contributed by atoms with Crippen LogP contribution in [0.4, 0.5) is 0 Å². The molecular weight excluding hydrogens is 252 g/mol. The number of hydrogen-bond donors (Lipinski definition) is 1. The molecule has 0 saturated heterocycles. The molecule has 0 aliphatic heterocycles. The zero-order chi connectivity index (χ0) is 14.3. The molecule has 3 rings (SSSR count). The summed E-state index contributed by atoms with van der Waals surface area (Å²) in [4.78, 5) is 2.42. The SMILES string of the molecule is CC(C)n1cnnc1CN(C)C1C[C@H]2CC(O)C[C@H]2C1. The van der Waals surface area contributed by atoms with Crippen LogP contribution in [0.5, 0.6) is 0 Å². The van der Waals surface area contributed by atoms with E-state index in [9.17, 15) is 5.11 Å². The van der Waals surface area contributed by atoms with Crippen LogP contribution in [0.25, 0.3) is 0 Å². The number of fused-ring (bicyclic) bond motifs is 1. The van der Waals surface area contributed by atoms with Crippen LogP contribution in [0.2, 0.25) is 0 Å². The van der Waals surface area contributed by atoms with E-state index in [2.05, 4.69) is 40.6 Å². The van der Waals surface area contributed by atoms with Crippen molar-refractivity contribution >= 4 is 0 Å². The average Bonchev–Trinajstić information content (AvgIpc) is 3.02. The highest BCUT2D eigenvalue weighted by Crippen LogP contribution is 2.45. The molecule has 0 bridgehead atoms. The van der Waals surface area contributed by atoms with E-state index >= 15 is 0 Å². The zero-order valence-corrected chi connectivity index (χ0v) is 12.7. The van der Waals surface area contributed by atoms with Gasteiger partial charge in [0.15, 0.2) is 0 Å². The van der Waals surface area contributed by atoms with Crippen LogP contribution in [0.3, 0.4) is 0 Å². The molecule has 2 aliphatic rings. The summed E-state index contributed by atoms with van der Waals surface area (Å²) in [6, 6.07) is 1.04. The van der Waals surface area contributed by atoms with E-state index < -0.39 is 0 Å². The van der Waals surface area contributed by atoms with Crippen molar-refractivity contribution in [1.29, 1.82) is 0 Å². The van der Waals surface area contributed by atoms with Gasteiger partial charge in [0.25, 0.3) is 0 Å². The molecule has 1 heterocycles. The Morgan fingerprint density at radius 3 is 2.55 bits per heavy atom. The van der Waals surface area contributed by atoms with Gasteiger partial charge in [-0.1, -0.05) is 0 Å². The molecule has 2 fully saturated rings. The molecule has 1 aromatic heterocycles. The van der Waals surface area contributed by atoms with Crippen LogP contribution in [0, 0.1) is 11.8 Å². The lowest BCUT2D eigenvalue weighted by molar-refractivity contribution is 0.157. The standard InChI is InChI=1S/C15H26N4O/c1-10(2)19-9-16-17-15(19)8-18(3)13-4-11-6-14(20)7-12(11)5-13/h9-14,20H,4-8H2,1-3H3/t11-,12+,13?,14?. The minimum Gasteiger partial charge on any atom is -0.393 e. The van der Waals surface area contributed by atoms with Gasteiger partial charge in [-0.25, -0.2) is 0 Å². The largest absolute Gasteiger partial charge is 0.393 e. The van der Waals surface area contributed by atoms with Gasteiger partial charge in [-0.15, -0.1) is 10.2 Å². The predicted octanol–water partition coefficient (Wildman–Crippen LogP) is 1.84. The summed E-state index contributed by atoms with van der Waals surface area (Å²) in [6.45, 7) is 5.19. The fourth-order valence-electron chi connectivity index (χ4n) is 4.08. The first-order chi connectivity index (χ1) is 9.54. The number of aliphatic hydroxyl groups excluding tert-OH is 1. The van der Waals surface area contributed by atoms with E-state index in [1.807, 2.05) is 6.33 Å². The van der Waals surface area contributed by atoms with Crippen molar-refractivity contribution in [2.45, 2.75) is 64.3 Å². The fourth-order valence-corrected chi connectivity index (χ4v) is 4.08. The molecule has 0 spiro atoms. The highest BCUT2D eigenvalue weighted by molar-refractivity contribution is 4.96. The van der Waals surface area contributed by atoms with E-state index in [1.54, 1.807) is 0 Å². The number of aliphatic hydroxyl groups is 1. The van der Waals surface area contributed by atoms with Crippen LogP contribution in [-0.2, 0) is 6.54 Å². The van der Waals surface area contributed by atoms with Gasteiger partial charge in [0.1, 0.15) is 12.2 Å². The second-order valence-electron chi connectivity index (χ2n) is 6.93. The molecule has 0 radical (unpaired) electrons. The third-order valence-electron chi connectivity index (χ3n) is 5.18. The van der Waals surface area contributed by atoms with Gasteiger partial charge in [0, 0.05) is 12.1 Å². The summed E-state index contributed by atoms with van der Waals surface area (Å²) in [7, 11) is 2.20. The first kappa shape index (κ1) is 14.0. The second kappa shape index (κ2) is 5.45. The number of aromatic nitrogens is 3. The zero-order valence-electron chi connectivity index (χ0n) is 12.7. The van der Waals surface area contributed by atoms with Crippen LogP contribution < -0.4 is 0 Å². The van der Waals surface area contributed by atoms with Crippen molar-refractivity contribution in [2.24, 2.45) is 11.8 Å². The minimum absolute atomic E-state index is 0.0414. The predicted molar refractivity (Wildman–Crippen MR) is 77.1 cm³/mol. The average molecular weight is 278 g/mol. The monoisotopic (exact) mass is 278 g/mol. The van der Waals surface area contributed by atoms with Crippen molar-refractivity contribution in [1.82, 2.24) is 19.7 Å². The van der Waals surface area contributed by atoms with E-state index in [0.29, 0.717) is 12.1 Å². The fraction of sp³-hybridized carbons (Fsp3) is 0.867. The molecule has 112 valence electrons. The van der Waals surface area contributed by atoms with Gasteiger partial charge in [-0.3, -0.25) is 4.90 Å². The normalized spacial score (nSPS) is 33.3. The summed E-state index contributed by atoms with van der Waals surface area (Å²) in [6.07, 6.45) is 6.27. The Balaban J connectivity index is 1.60. The minimum atomic E-state index is -0.0414. The summed E-state index contributed by atoms with van der Waals surface area (Å²) in [5.74, 6) is 2.53. The van der Waals surface area contributed by atoms with Crippen molar-refractivity contribution < 1.29 is 5.11 Å². The quantitative estimate of drug-likeness (QED) is 0.913. The van der Waals surface area contributed by atoms with Gasteiger partial charge in [0.2, 0.25) is 0 Å². The molecule has 5 heteroatoms. The molecule has 2 aliphatic carbocycles. The molecule has 1 N–H and O–H groups in total. The lowest BCUT2D eigenvalue weighted by Crippen LogP contribution is -2.31. The third kappa shape index (κ3) is 2.61. The number of hydrogen-bond acceptors (Lipinski definition) is 4. The van der Waals surface area contributed by atoms with Crippen LogP contribution in [0.1, 0.15) is 51.4 Å². The van der Waals surface area contributed by atoms with Gasteiger partial charge in [-0.2, -0.15) is 0 Å². The van der Waals surface area contributed by atoms with Gasteiger partial charge >= 0.3 is 0 Å². The Kier molecular flexibility index (Phi) is 3.82. The Morgan fingerprint density at radius 1 is 1.30 bits per heavy atom. The second-order valence-corrected chi connectivity index (χ2v) is 6.93. The molecular formula is C15H26N4O. The number of nitrogens with zero attached hydrogens (tertiary/aromatic N) is 4. The van der Waals surface area contributed by atoms with Gasteiger partial charge in [-0.05, 0) is 58.4 Å². The molecule has 0 aromatic carbocycles.